The first-order valence-corrected chi connectivity index (χ1v) is 8.97. The summed E-state index contributed by atoms with van der Waals surface area (Å²) in [6, 6.07) is 13.9. The van der Waals surface area contributed by atoms with Crippen molar-refractivity contribution >= 4 is 38.9 Å². The third-order valence-corrected chi connectivity index (χ3v) is 4.76. The van der Waals surface area contributed by atoms with Gasteiger partial charge in [0.15, 0.2) is 0 Å². The first-order chi connectivity index (χ1) is 11.5. The minimum absolute atomic E-state index is 0.0673. The Kier molecular flexibility index (Phi) is 6.67. The van der Waals surface area contributed by atoms with Gasteiger partial charge in [0.2, 0.25) is 5.91 Å². The molecule has 0 heterocycles. The normalized spacial score (nSPS) is 10.3. The van der Waals surface area contributed by atoms with Crippen LogP contribution in [0.2, 0.25) is 0 Å². The van der Waals surface area contributed by atoms with Crippen molar-refractivity contribution in [2.75, 3.05) is 35.2 Å². The van der Waals surface area contributed by atoms with Gasteiger partial charge in [-0.1, -0.05) is 22.0 Å². The summed E-state index contributed by atoms with van der Waals surface area (Å²) in [5, 5.41) is 6.04. The number of rotatable bonds is 7. The molecular weight excluding hydrogens is 366 g/mol. The highest BCUT2D eigenvalue weighted by Gasteiger charge is 2.05. The molecule has 0 saturated carbocycles. The second-order valence-corrected chi connectivity index (χ2v) is 6.44. The van der Waals surface area contributed by atoms with E-state index in [4.69, 9.17) is 0 Å². The van der Waals surface area contributed by atoms with Crippen LogP contribution in [0, 0.1) is 6.92 Å². The summed E-state index contributed by atoms with van der Waals surface area (Å²) in [7, 11) is 0. The van der Waals surface area contributed by atoms with Crippen molar-refractivity contribution in [3.8, 4) is 0 Å². The van der Waals surface area contributed by atoms with Gasteiger partial charge in [0.05, 0.1) is 6.54 Å². The quantitative estimate of drug-likeness (QED) is 0.723. The Balaban J connectivity index is 1.88. The van der Waals surface area contributed by atoms with Crippen LogP contribution in [0.3, 0.4) is 0 Å². The van der Waals surface area contributed by atoms with Gasteiger partial charge in [-0.3, -0.25) is 4.79 Å². The highest BCUT2D eigenvalue weighted by molar-refractivity contribution is 9.10. The molecule has 0 spiro atoms. The smallest absolute Gasteiger partial charge is 0.243 e. The van der Waals surface area contributed by atoms with E-state index in [0.717, 1.165) is 28.9 Å². The monoisotopic (exact) mass is 389 g/mol. The van der Waals surface area contributed by atoms with Gasteiger partial charge in [0, 0.05) is 34.6 Å². The molecule has 2 aromatic rings. The summed E-state index contributed by atoms with van der Waals surface area (Å²) < 4.78 is 1.03. The van der Waals surface area contributed by atoms with Crippen molar-refractivity contribution in [2.45, 2.75) is 20.8 Å². The predicted molar refractivity (Wildman–Crippen MR) is 106 cm³/mol. The van der Waals surface area contributed by atoms with E-state index in [1.807, 2.05) is 49.4 Å². The topological polar surface area (TPSA) is 44.4 Å². The number of nitrogens with zero attached hydrogens (tertiary/aromatic N) is 1. The van der Waals surface area contributed by atoms with Crippen molar-refractivity contribution in [3.63, 3.8) is 0 Å². The summed E-state index contributed by atoms with van der Waals surface area (Å²) in [5.41, 5.74) is 4.06. The Labute approximate surface area is 152 Å². The van der Waals surface area contributed by atoms with E-state index in [2.05, 4.69) is 45.3 Å². The Bertz CT molecular complexity index is 682. The molecule has 0 radical (unpaired) electrons. The molecule has 0 bridgehead atoms. The predicted octanol–water partition coefficient (Wildman–Crippen LogP) is 4.65. The first-order valence-electron chi connectivity index (χ1n) is 8.18. The maximum atomic E-state index is 12.1. The van der Waals surface area contributed by atoms with E-state index in [0.29, 0.717) is 0 Å². The van der Waals surface area contributed by atoms with Crippen LogP contribution < -0.4 is 15.5 Å². The van der Waals surface area contributed by atoms with Crippen LogP contribution in [0.25, 0.3) is 0 Å². The molecule has 0 saturated heterocycles. The maximum Gasteiger partial charge on any atom is 0.243 e. The highest BCUT2D eigenvalue weighted by atomic mass is 79.9. The molecule has 0 aliphatic heterocycles. The number of aryl methyl sites for hydroxylation is 1. The number of halogens is 1. The number of nitrogens with one attached hydrogen (secondary N) is 2. The molecule has 2 N–H and O–H groups in total. The van der Waals surface area contributed by atoms with Gasteiger partial charge < -0.3 is 15.5 Å². The Morgan fingerprint density at radius 3 is 2.25 bits per heavy atom. The van der Waals surface area contributed by atoms with Crippen molar-refractivity contribution in [1.29, 1.82) is 0 Å². The van der Waals surface area contributed by atoms with Crippen LogP contribution in [0.15, 0.2) is 46.9 Å². The number of hydrogen-bond acceptors (Lipinski definition) is 3. The van der Waals surface area contributed by atoms with Gasteiger partial charge in [-0.15, -0.1) is 0 Å². The van der Waals surface area contributed by atoms with E-state index in [1.54, 1.807) is 0 Å². The van der Waals surface area contributed by atoms with Gasteiger partial charge in [-0.2, -0.15) is 0 Å². The summed E-state index contributed by atoms with van der Waals surface area (Å²) in [6.07, 6.45) is 0. The minimum Gasteiger partial charge on any atom is -0.376 e. The van der Waals surface area contributed by atoms with Gasteiger partial charge in [-0.05, 0) is 62.7 Å². The van der Waals surface area contributed by atoms with Crippen LogP contribution in [0.4, 0.5) is 17.1 Å². The molecule has 5 heteroatoms. The number of hydrogen-bond donors (Lipinski definition) is 2. The Morgan fingerprint density at radius 2 is 1.67 bits per heavy atom. The number of amides is 1. The fourth-order valence-electron chi connectivity index (χ4n) is 2.43. The molecule has 0 fully saturated rings. The van der Waals surface area contributed by atoms with Crippen LogP contribution >= 0.6 is 15.9 Å². The number of carbonyl (C=O) groups is 1. The van der Waals surface area contributed by atoms with Crippen molar-refractivity contribution in [3.05, 3.63) is 52.5 Å². The average Bonchev–Trinajstić information content (AvgIpc) is 2.58. The van der Waals surface area contributed by atoms with E-state index in [-0.39, 0.29) is 12.5 Å². The second-order valence-electron chi connectivity index (χ2n) is 5.58. The zero-order chi connectivity index (χ0) is 17.5. The van der Waals surface area contributed by atoms with Crippen molar-refractivity contribution in [2.24, 2.45) is 0 Å². The van der Waals surface area contributed by atoms with Gasteiger partial charge >= 0.3 is 0 Å². The van der Waals surface area contributed by atoms with E-state index in [9.17, 15) is 4.79 Å². The molecule has 2 aromatic carbocycles. The molecular formula is C19H24BrN3O. The molecule has 128 valence electrons. The zero-order valence-corrected chi connectivity index (χ0v) is 16.0. The van der Waals surface area contributed by atoms with Crippen LogP contribution in [0.1, 0.15) is 19.4 Å². The first kappa shape index (κ1) is 18.3. The zero-order valence-electron chi connectivity index (χ0n) is 14.4. The fourth-order valence-corrected chi connectivity index (χ4v) is 2.81. The summed E-state index contributed by atoms with van der Waals surface area (Å²) in [5.74, 6) is -0.0673. The molecule has 4 nitrogen and oxygen atoms in total. The number of benzene rings is 2. The molecule has 0 atom stereocenters. The SMILES string of the molecule is CCN(CC)c1ccc(NC(=O)CNc2ccc(C)c(Br)c2)cc1. The summed E-state index contributed by atoms with van der Waals surface area (Å²) in [6.45, 7) is 8.47. The standard InChI is InChI=1S/C19H24BrN3O/c1-4-23(5-2)17-10-8-15(9-11-17)22-19(24)13-21-16-7-6-14(3)18(20)12-16/h6-12,21H,4-5,13H2,1-3H3,(H,22,24). The molecule has 0 aromatic heterocycles. The summed E-state index contributed by atoms with van der Waals surface area (Å²) in [4.78, 5) is 14.3. The number of anilines is 3. The van der Waals surface area contributed by atoms with Crippen LogP contribution in [-0.2, 0) is 4.79 Å². The molecule has 0 aliphatic rings. The molecule has 2 rings (SSSR count). The lowest BCUT2D eigenvalue weighted by atomic mass is 10.2. The van der Waals surface area contributed by atoms with Gasteiger partial charge in [0.1, 0.15) is 0 Å². The van der Waals surface area contributed by atoms with Crippen molar-refractivity contribution in [1.82, 2.24) is 0 Å². The lowest BCUT2D eigenvalue weighted by Gasteiger charge is -2.21. The average molecular weight is 390 g/mol. The lowest BCUT2D eigenvalue weighted by Crippen LogP contribution is -2.23. The lowest BCUT2D eigenvalue weighted by molar-refractivity contribution is -0.114. The highest BCUT2D eigenvalue weighted by Crippen LogP contribution is 2.21. The van der Waals surface area contributed by atoms with Crippen LogP contribution in [-0.4, -0.2) is 25.5 Å². The maximum absolute atomic E-state index is 12.1. The number of carbonyl (C=O) groups excluding carboxylic acids is 1. The van der Waals surface area contributed by atoms with Crippen LogP contribution in [0.5, 0.6) is 0 Å². The van der Waals surface area contributed by atoms with Gasteiger partial charge in [-0.25, -0.2) is 0 Å². The molecule has 1 amide bonds. The largest absolute Gasteiger partial charge is 0.376 e. The third-order valence-electron chi connectivity index (χ3n) is 3.90. The van der Waals surface area contributed by atoms with E-state index in [1.165, 1.54) is 11.3 Å². The Morgan fingerprint density at radius 1 is 1.04 bits per heavy atom. The minimum atomic E-state index is -0.0673. The Hall–Kier alpha value is -2.01. The van der Waals surface area contributed by atoms with E-state index >= 15 is 0 Å². The van der Waals surface area contributed by atoms with Crippen molar-refractivity contribution < 1.29 is 4.79 Å². The van der Waals surface area contributed by atoms with Gasteiger partial charge in [0.25, 0.3) is 0 Å². The summed E-state index contributed by atoms with van der Waals surface area (Å²) >= 11 is 3.49. The third kappa shape index (κ3) is 4.99. The fraction of sp³-hybridized carbons (Fsp3) is 0.316. The molecule has 0 unspecified atom stereocenters. The molecule has 24 heavy (non-hydrogen) atoms. The van der Waals surface area contributed by atoms with E-state index < -0.39 is 0 Å². The molecule has 0 aliphatic carbocycles. The second kappa shape index (κ2) is 8.73.